The van der Waals surface area contributed by atoms with Crippen molar-refractivity contribution in [2.75, 3.05) is 7.11 Å². The molecule has 7 heteroatoms. The minimum Gasteiger partial charge on any atom is -0.496 e. The predicted molar refractivity (Wildman–Crippen MR) is 99.2 cm³/mol. The SMILES string of the molecule is COc1ccc(C=C2C(=O)NC(=O)N(Cc3ccccc3)C2=O)cc1Br. The summed E-state index contributed by atoms with van der Waals surface area (Å²) in [6, 6.07) is 13.5. The van der Waals surface area contributed by atoms with Gasteiger partial charge in [0.25, 0.3) is 11.8 Å². The van der Waals surface area contributed by atoms with Gasteiger partial charge in [0.1, 0.15) is 11.3 Å². The monoisotopic (exact) mass is 414 g/mol. The van der Waals surface area contributed by atoms with E-state index >= 15 is 0 Å². The first kappa shape index (κ1) is 17.9. The zero-order valence-electron chi connectivity index (χ0n) is 13.9. The third kappa shape index (κ3) is 3.67. The normalized spacial score (nSPS) is 16.0. The van der Waals surface area contributed by atoms with Crippen molar-refractivity contribution in [1.29, 1.82) is 0 Å². The molecule has 1 aliphatic rings. The van der Waals surface area contributed by atoms with Gasteiger partial charge in [-0.3, -0.25) is 19.8 Å². The number of hydrogen-bond donors (Lipinski definition) is 1. The van der Waals surface area contributed by atoms with E-state index in [4.69, 9.17) is 4.74 Å². The number of hydrogen-bond acceptors (Lipinski definition) is 4. The maximum atomic E-state index is 12.7. The Labute approximate surface area is 158 Å². The van der Waals surface area contributed by atoms with Crippen LogP contribution in [0.5, 0.6) is 5.75 Å². The van der Waals surface area contributed by atoms with Crippen LogP contribution in [0.15, 0.2) is 58.6 Å². The summed E-state index contributed by atoms with van der Waals surface area (Å²) in [4.78, 5) is 37.9. The zero-order chi connectivity index (χ0) is 18.7. The Kier molecular flexibility index (Phi) is 5.18. The Morgan fingerprint density at radius 1 is 1.12 bits per heavy atom. The summed E-state index contributed by atoms with van der Waals surface area (Å²) < 4.78 is 5.85. The summed E-state index contributed by atoms with van der Waals surface area (Å²) >= 11 is 3.36. The molecule has 0 spiro atoms. The molecular weight excluding hydrogens is 400 g/mol. The lowest BCUT2D eigenvalue weighted by Gasteiger charge is -2.26. The molecule has 0 atom stereocenters. The third-order valence-electron chi connectivity index (χ3n) is 3.86. The van der Waals surface area contributed by atoms with E-state index in [2.05, 4.69) is 21.2 Å². The number of urea groups is 1. The average molecular weight is 415 g/mol. The number of benzene rings is 2. The topological polar surface area (TPSA) is 75.7 Å². The van der Waals surface area contributed by atoms with Gasteiger partial charge in [0.05, 0.1) is 18.1 Å². The lowest BCUT2D eigenvalue weighted by Crippen LogP contribution is -2.53. The van der Waals surface area contributed by atoms with Gasteiger partial charge < -0.3 is 4.74 Å². The third-order valence-corrected chi connectivity index (χ3v) is 4.48. The number of amides is 4. The van der Waals surface area contributed by atoms with Crippen molar-refractivity contribution in [2.45, 2.75) is 6.54 Å². The molecule has 0 aromatic heterocycles. The van der Waals surface area contributed by atoms with Gasteiger partial charge in [-0.25, -0.2) is 4.79 Å². The molecule has 1 saturated heterocycles. The predicted octanol–water partition coefficient (Wildman–Crippen LogP) is 3.12. The summed E-state index contributed by atoms with van der Waals surface area (Å²) in [5.41, 5.74) is 1.32. The minimum atomic E-state index is -0.725. The summed E-state index contributed by atoms with van der Waals surface area (Å²) in [5, 5.41) is 2.21. The lowest BCUT2D eigenvalue weighted by molar-refractivity contribution is -0.130. The van der Waals surface area contributed by atoms with Crippen LogP contribution < -0.4 is 10.1 Å². The van der Waals surface area contributed by atoms with Crippen LogP contribution in [0.4, 0.5) is 4.79 Å². The van der Waals surface area contributed by atoms with Crippen molar-refractivity contribution in [1.82, 2.24) is 10.2 Å². The van der Waals surface area contributed by atoms with Crippen molar-refractivity contribution >= 4 is 39.9 Å². The van der Waals surface area contributed by atoms with Gasteiger partial charge >= 0.3 is 6.03 Å². The molecule has 3 rings (SSSR count). The molecule has 0 bridgehead atoms. The molecule has 0 radical (unpaired) electrons. The summed E-state index contributed by atoms with van der Waals surface area (Å²) in [5.74, 6) is -0.710. The molecule has 1 N–H and O–H groups in total. The first-order valence-corrected chi connectivity index (χ1v) is 8.55. The van der Waals surface area contributed by atoms with E-state index in [0.29, 0.717) is 15.8 Å². The molecule has 2 aromatic rings. The van der Waals surface area contributed by atoms with E-state index in [1.165, 1.54) is 6.08 Å². The van der Waals surface area contributed by atoms with Crippen LogP contribution in [0, 0.1) is 0 Å². The molecular formula is C19H15BrN2O4. The Hall–Kier alpha value is -2.93. The molecule has 1 aliphatic heterocycles. The molecule has 4 amide bonds. The average Bonchev–Trinajstić information content (AvgIpc) is 2.63. The molecule has 132 valence electrons. The smallest absolute Gasteiger partial charge is 0.331 e. The van der Waals surface area contributed by atoms with E-state index < -0.39 is 17.8 Å². The van der Waals surface area contributed by atoms with Gasteiger partial charge in [-0.15, -0.1) is 0 Å². The number of nitrogens with one attached hydrogen (secondary N) is 1. The van der Waals surface area contributed by atoms with Crippen LogP contribution in [-0.2, 0) is 16.1 Å². The fourth-order valence-corrected chi connectivity index (χ4v) is 3.10. The van der Waals surface area contributed by atoms with Gasteiger partial charge in [0, 0.05) is 0 Å². The number of carbonyl (C=O) groups is 3. The van der Waals surface area contributed by atoms with E-state index in [0.717, 1.165) is 10.5 Å². The summed E-state index contributed by atoms with van der Waals surface area (Å²) in [6.45, 7) is 0.0857. The number of halogens is 1. The fraction of sp³-hybridized carbons (Fsp3) is 0.105. The Bertz CT molecular complexity index is 909. The molecule has 6 nitrogen and oxygen atoms in total. The second-order valence-corrected chi connectivity index (χ2v) is 6.44. The highest BCUT2D eigenvalue weighted by molar-refractivity contribution is 9.10. The van der Waals surface area contributed by atoms with Gasteiger partial charge in [0.2, 0.25) is 0 Å². The molecule has 0 unspecified atom stereocenters. The number of rotatable bonds is 4. The number of methoxy groups -OCH3 is 1. The zero-order valence-corrected chi connectivity index (χ0v) is 15.4. The molecule has 26 heavy (non-hydrogen) atoms. The van der Waals surface area contributed by atoms with Gasteiger partial charge in [-0.2, -0.15) is 0 Å². The van der Waals surface area contributed by atoms with Crippen molar-refractivity contribution in [3.05, 3.63) is 69.7 Å². The van der Waals surface area contributed by atoms with Gasteiger partial charge in [0.15, 0.2) is 0 Å². The molecule has 2 aromatic carbocycles. The number of nitrogens with zero attached hydrogens (tertiary/aromatic N) is 1. The molecule has 1 fully saturated rings. The number of barbiturate groups is 1. The Balaban J connectivity index is 1.91. The highest BCUT2D eigenvalue weighted by atomic mass is 79.9. The quantitative estimate of drug-likeness (QED) is 0.615. The van der Waals surface area contributed by atoms with Gasteiger partial charge in [-0.1, -0.05) is 36.4 Å². The summed E-state index contributed by atoms with van der Waals surface area (Å²) in [6.07, 6.45) is 1.45. The van der Waals surface area contributed by atoms with Crippen LogP contribution in [-0.4, -0.2) is 29.9 Å². The van der Waals surface area contributed by atoms with Gasteiger partial charge in [-0.05, 0) is 45.3 Å². The van der Waals surface area contributed by atoms with Crippen LogP contribution >= 0.6 is 15.9 Å². The maximum absolute atomic E-state index is 12.7. The number of imide groups is 2. The largest absolute Gasteiger partial charge is 0.496 e. The highest BCUT2D eigenvalue weighted by Gasteiger charge is 2.35. The number of ether oxygens (including phenoxy) is 1. The maximum Gasteiger partial charge on any atom is 0.331 e. The molecule has 0 saturated carbocycles. The first-order valence-electron chi connectivity index (χ1n) is 7.76. The van der Waals surface area contributed by atoms with Crippen LogP contribution in [0.2, 0.25) is 0 Å². The molecule has 0 aliphatic carbocycles. The van der Waals surface area contributed by atoms with E-state index in [-0.39, 0.29) is 12.1 Å². The van der Waals surface area contributed by atoms with Crippen LogP contribution in [0.3, 0.4) is 0 Å². The molecule has 1 heterocycles. The van der Waals surface area contributed by atoms with E-state index in [9.17, 15) is 14.4 Å². The second-order valence-electron chi connectivity index (χ2n) is 5.59. The van der Waals surface area contributed by atoms with Crippen molar-refractivity contribution in [3.8, 4) is 5.75 Å². The minimum absolute atomic E-state index is 0.0857. The van der Waals surface area contributed by atoms with Crippen LogP contribution in [0.25, 0.3) is 6.08 Å². The Morgan fingerprint density at radius 3 is 2.50 bits per heavy atom. The van der Waals surface area contributed by atoms with Crippen LogP contribution in [0.1, 0.15) is 11.1 Å². The first-order chi connectivity index (χ1) is 12.5. The summed E-state index contributed by atoms with van der Waals surface area (Å²) in [7, 11) is 1.55. The van der Waals surface area contributed by atoms with Crippen molar-refractivity contribution in [2.24, 2.45) is 0 Å². The van der Waals surface area contributed by atoms with E-state index in [1.807, 2.05) is 18.2 Å². The van der Waals surface area contributed by atoms with Crippen molar-refractivity contribution < 1.29 is 19.1 Å². The highest BCUT2D eigenvalue weighted by Crippen LogP contribution is 2.27. The van der Waals surface area contributed by atoms with E-state index in [1.54, 1.807) is 37.4 Å². The number of carbonyl (C=O) groups excluding carboxylic acids is 3. The Morgan fingerprint density at radius 2 is 1.85 bits per heavy atom. The second kappa shape index (κ2) is 7.53. The fourth-order valence-electron chi connectivity index (χ4n) is 2.54. The van der Waals surface area contributed by atoms with Crippen molar-refractivity contribution in [3.63, 3.8) is 0 Å². The standard InChI is InChI=1S/C19H15BrN2O4/c1-26-16-8-7-13(10-15(16)20)9-14-17(23)21-19(25)22(18(14)24)11-12-5-3-2-4-6-12/h2-10H,11H2,1H3,(H,21,23,25). The lowest BCUT2D eigenvalue weighted by atomic mass is 10.1.